The average Bonchev–Trinajstić information content (AvgIpc) is 2.58. The summed E-state index contributed by atoms with van der Waals surface area (Å²) in [5.74, 6) is -0.443. The van der Waals surface area contributed by atoms with E-state index in [2.05, 4.69) is 9.97 Å². The zero-order valence-electron chi connectivity index (χ0n) is 8.90. The summed E-state index contributed by atoms with van der Waals surface area (Å²) < 4.78 is 0. The highest BCUT2D eigenvalue weighted by Crippen LogP contribution is 2.14. The van der Waals surface area contributed by atoms with Gasteiger partial charge in [0.15, 0.2) is 0 Å². The van der Waals surface area contributed by atoms with Crippen molar-refractivity contribution in [1.29, 1.82) is 0 Å². The fourth-order valence-electron chi connectivity index (χ4n) is 1.51. The second-order valence-electron chi connectivity index (χ2n) is 4.10. The molecular weight excluding hydrogens is 206 g/mol. The van der Waals surface area contributed by atoms with E-state index in [9.17, 15) is 4.79 Å². The summed E-state index contributed by atoms with van der Waals surface area (Å²) in [6.07, 6.45) is 0.178. The molecule has 4 N–H and O–H groups in total. The quantitative estimate of drug-likeness (QED) is 0.715. The number of para-hydroxylation sites is 2. The Bertz CT molecular complexity index is 498. The molecule has 0 bridgehead atoms. The van der Waals surface area contributed by atoms with Gasteiger partial charge in [0, 0.05) is 6.42 Å². The van der Waals surface area contributed by atoms with Gasteiger partial charge < -0.3 is 15.8 Å². The van der Waals surface area contributed by atoms with Crippen molar-refractivity contribution in [2.24, 2.45) is 5.73 Å². The second-order valence-corrected chi connectivity index (χ2v) is 4.10. The van der Waals surface area contributed by atoms with Crippen LogP contribution in [0.4, 0.5) is 0 Å². The maximum absolute atomic E-state index is 10.9. The number of aromatic nitrogens is 2. The lowest BCUT2D eigenvalue weighted by molar-refractivity contribution is -0.142. The minimum Gasteiger partial charge on any atom is -0.480 e. The largest absolute Gasteiger partial charge is 0.480 e. The third kappa shape index (κ3) is 1.90. The minimum absolute atomic E-state index is 0.178. The number of nitrogens with one attached hydrogen (secondary N) is 1. The number of fused-ring (bicyclic) bond motifs is 1. The lowest BCUT2D eigenvalue weighted by Crippen LogP contribution is -2.47. The predicted octanol–water partition coefficient (Wildman–Crippen LogP) is 0.907. The first-order chi connectivity index (χ1) is 7.49. The number of hydrogen-bond donors (Lipinski definition) is 3. The van der Waals surface area contributed by atoms with E-state index in [1.807, 2.05) is 24.3 Å². The molecule has 5 nitrogen and oxygen atoms in total. The number of aromatic amines is 1. The Balaban J connectivity index is 2.32. The molecule has 1 unspecified atom stereocenters. The van der Waals surface area contributed by atoms with Crippen LogP contribution in [0.5, 0.6) is 0 Å². The Morgan fingerprint density at radius 2 is 2.25 bits per heavy atom. The molecule has 2 rings (SSSR count). The molecule has 1 heterocycles. The fraction of sp³-hybridized carbons (Fsp3) is 0.273. The monoisotopic (exact) mass is 219 g/mol. The van der Waals surface area contributed by atoms with E-state index in [1.165, 1.54) is 6.92 Å². The van der Waals surface area contributed by atoms with Gasteiger partial charge in [-0.1, -0.05) is 12.1 Å². The Hall–Kier alpha value is -1.88. The first-order valence-electron chi connectivity index (χ1n) is 4.95. The van der Waals surface area contributed by atoms with Crippen molar-refractivity contribution >= 4 is 17.0 Å². The topological polar surface area (TPSA) is 92.0 Å². The van der Waals surface area contributed by atoms with E-state index in [1.54, 1.807) is 0 Å². The number of nitrogens with zero attached hydrogens (tertiary/aromatic N) is 1. The number of benzene rings is 1. The molecule has 0 spiro atoms. The maximum Gasteiger partial charge on any atom is 0.323 e. The number of rotatable bonds is 3. The van der Waals surface area contributed by atoms with Crippen LogP contribution in [0.3, 0.4) is 0 Å². The minimum atomic E-state index is -1.30. The molecule has 2 aromatic rings. The van der Waals surface area contributed by atoms with Crippen LogP contribution in [-0.4, -0.2) is 26.6 Å². The van der Waals surface area contributed by atoms with Gasteiger partial charge in [0.2, 0.25) is 0 Å². The van der Waals surface area contributed by atoms with E-state index in [4.69, 9.17) is 10.8 Å². The molecular formula is C11H13N3O2. The first kappa shape index (κ1) is 10.6. The van der Waals surface area contributed by atoms with Crippen LogP contribution in [0, 0.1) is 0 Å². The molecule has 1 aromatic heterocycles. The number of carbonyl (C=O) groups is 1. The van der Waals surface area contributed by atoms with Crippen LogP contribution in [0.1, 0.15) is 12.7 Å². The number of nitrogens with two attached hydrogens (primary N) is 1. The Labute approximate surface area is 92.3 Å². The fourth-order valence-corrected chi connectivity index (χ4v) is 1.51. The van der Waals surface area contributed by atoms with E-state index in [-0.39, 0.29) is 6.42 Å². The number of imidazole rings is 1. The molecule has 5 heteroatoms. The van der Waals surface area contributed by atoms with Gasteiger partial charge >= 0.3 is 5.97 Å². The molecule has 0 aliphatic heterocycles. The second kappa shape index (κ2) is 3.61. The average molecular weight is 219 g/mol. The van der Waals surface area contributed by atoms with E-state index in [0.29, 0.717) is 5.82 Å². The lowest BCUT2D eigenvalue weighted by Gasteiger charge is -2.16. The number of carboxylic acid groups (broad SMARTS) is 1. The zero-order chi connectivity index (χ0) is 11.8. The van der Waals surface area contributed by atoms with Gasteiger partial charge in [-0.2, -0.15) is 0 Å². The highest BCUT2D eigenvalue weighted by atomic mass is 16.4. The van der Waals surface area contributed by atoms with Gasteiger partial charge in [-0.3, -0.25) is 4.79 Å². The van der Waals surface area contributed by atoms with Crippen molar-refractivity contribution in [2.75, 3.05) is 0 Å². The van der Waals surface area contributed by atoms with Crippen molar-refractivity contribution in [3.8, 4) is 0 Å². The van der Waals surface area contributed by atoms with Gasteiger partial charge in [0.1, 0.15) is 11.4 Å². The summed E-state index contributed by atoms with van der Waals surface area (Å²) in [6, 6.07) is 7.53. The van der Waals surface area contributed by atoms with Gasteiger partial charge in [-0.05, 0) is 19.1 Å². The van der Waals surface area contributed by atoms with Crippen molar-refractivity contribution in [1.82, 2.24) is 9.97 Å². The molecule has 1 atom stereocenters. The van der Waals surface area contributed by atoms with Crippen LogP contribution in [0.25, 0.3) is 11.0 Å². The molecule has 84 valence electrons. The standard InChI is InChI=1S/C11H13N3O2/c1-11(12,10(15)16)6-9-13-7-4-2-3-5-8(7)14-9/h2-5H,6,12H2,1H3,(H,13,14)(H,15,16). The smallest absolute Gasteiger partial charge is 0.323 e. The summed E-state index contributed by atoms with van der Waals surface area (Å²) in [6.45, 7) is 1.47. The number of aliphatic carboxylic acids is 1. The lowest BCUT2D eigenvalue weighted by atomic mass is 9.99. The summed E-state index contributed by atoms with van der Waals surface area (Å²) in [5, 5.41) is 8.91. The van der Waals surface area contributed by atoms with Crippen molar-refractivity contribution in [3.05, 3.63) is 30.1 Å². The Morgan fingerprint density at radius 3 is 2.88 bits per heavy atom. The molecule has 0 radical (unpaired) electrons. The van der Waals surface area contributed by atoms with Crippen LogP contribution in [0.15, 0.2) is 24.3 Å². The number of hydrogen-bond acceptors (Lipinski definition) is 3. The predicted molar refractivity (Wildman–Crippen MR) is 60.0 cm³/mol. The summed E-state index contributed by atoms with van der Waals surface area (Å²) in [4.78, 5) is 18.2. The molecule has 0 aliphatic rings. The Kier molecular flexibility index (Phi) is 2.40. The highest BCUT2D eigenvalue weighted by Gasteiger charge is 2.29. The molecule has 16 heavy (non-hydrogen) atoms. The van der Waals surface area contributed by atoms with Gasteiger partial charge in [0.05, 0.1) is 11.0 Å². The van der Waals surface area contributed by atoms with E-state index < -0.39 is 11.5 Å². The third-order valence-corrected chi connectivity index (χ3v) is 2.46. The van der Waals surface area contributed by atoms with Crippen molar-refractivity contribution < 1.29 is 9.90 Å². The maximum atomic E-state index is 10.9. The van der Waals surface area contributed by atoms with Crippen molar-refractivity contribution in [2.45, 2.75) is 18.9 Å². The van der Waals surface area contributed by atoms with Crippen LogP contribution >= 0.6 is 0 Å². The highest BCUT2D eigenvalue weighted by molar-refractivity contribution is 5.79. The van der Waals surface area contributed by atoms with Gasteiger partial charge in [-0.15, -0.1) is 0 Å². The molecule has 0 saturated carbocycles. The summed E-state index contributed by atoms with van der Waals surface area (Å²) in [7, 11) is 0. The van der Waals surface area contributed by atoms with Crippen molar-refractivity contribution in [3.63, 3.8) is 0 Å². The summed E-state index contributed by atoms with van der Waals surface area (Å²) >= 11 is 0. The molecule has 0 saturated heterocycles. The van der Waals surface area contributed by atoms with Gasteiger partial charge in [0.25, 0.3) is 0 Å². The molecule has 0 amide bonds. The van der Waals surface area contributed by atoms with Crippen LogP contribution in [0.2, 0.25) is 0 Å². The SMILES string of the molecule is CC(N)(Cc1nc2ccccc2[nH]1)C(=O)O. The number of carboxylic acids is 1. The van der Waals surface area contributed by atoms with Crippen LogP contribution in [-0.2, 0) is 11.2 Å². The normalized spacial score (nSPS) is 14.9. The first-order valence-corrected chi connectivity index (χ1v) is 4.95. The summed E-state index contributed by atoms with van der Waals surface area (Å²) in [5.41, 5.74) is 6.06. The van der Waals surface area contributed by atoms with Gasteiger partial charge in [-0.25, -0.2) is 4.98 Å². The zero-order valence-corrected chi connectivity index (χ0v) is 8.90. The van der Waals surface area contributed by atoms with E-state index >= 15 is 0 Å². The number of H-pyrrole nitrogens is 1. The Morgan fingerprint density at radius 1 is 1.56 bits per heavy atom. The molecule has 0 aliphatic carbocycles. The molecule has 0 fully saturated rings. The van der Waals surface area contributed by atoms with E-state index in [0.717, 1.165) is 11.0 Å². The molecule has 1 aromatic carbocycles. The third-order valence-electron chi connectivity index (χ3n) is 2.46. The van der Waals surface area contributed by atoms with Crippen LogP contribution < -0.4 is 5.73 Å².